The predicted molar refractivity (Wildman–Crippen MR) is 72.1 cm³/mol. The molecule has 0 bridgehead atoms. The first-order valence-electron chi connectivity index (χ1n) is 6.02. The molecule has 0 radical (unpaired) electrons. The number of esters is 1. The second-order valence-corrected chi connectivity index (χ2v) is 4.07. The first kappa shape index (κ1) is 13.2. The Balaban J connectivity index is 2.48. The van der Waals surface area contributed by atoms with Crippen LogP contribution in [0.2, 0.25) is 0 Å². The molecule has 2 aromatic rings. The highest BCUT2D eigenvalue weighted by molar-refractivity contribution is 5.93. The highest BCUT2D eigenvalue weighted by Gasteiger charge is 2.06. The summed E-state index contributed by atoms with van der Waals surface area (Å²) in [5.41, 5.74) is 1.75. The van der Waals surface area contributed by atoms with E-state index in [1.807, 2.05) is 0 Å². The number of carbonyl (C=O) groups is 1. The van der Waals surface area contributed by atoms with Crippen molar-refractivity contribution >= 4 is 22.9 Å². The van der Waals surface area contributed by atoms with Crippen LogP contribution in [0.4, 0.5) is 4.39 Å². The maximum Gasteiger partial charge on any atom is 0.330 e. The Morgan fingerprint density at radius 3 is 3.00 bits per heavy atom. The van der Waals surface area contributed by atoms with Gasteiger partial charge in [0.1, 0.15) is 11.3 Å². The number of hydrogen-bond donors (Lipinski definition) is 0. The van der Waals surface area contributed by atoms with Gasteiger partial charge in [-0.2, -0.15) is 0 Å². The highest BCUT2D eigenvalue weighted by atomic mass is 19.1. The van der Waals surface area contributed by atoms with E-state index >= 15 is 0 Å². The second-order valence-electron chi connectivity index (χ2n) is 4.07. The average Bonchev–Trinajstić information content (AvgIpc) is 2.37. The monoisotopic (exact) mass is 259 g/mol. The maximum atomic E-state index is 13.7. The molecule has 0 amide bonds. The lowest BCUT2D eigenvalue weighted by Crippen LogP contribution is -1.99. The van der Waals surface area contributed by atoms with Gasteiger partial charge in [-0.1, -0.05) is 12.1 Å². The third-order valence-corrected chi connectivity index (χ3v) is 2.64. The van der Waals surface area contributed by atoms with Crippen LogP contribution in [0.25, 0.3) is 17.0 Å². The minimum atomic E-state index is -0.415. The molecule has 0 fully saturated rings. The van der Waals surface area contributed by atoms with Crippen molar-refractivity contribution < 1.29 is 13.9 Å². The summed E-state index contributed by atoms with van der Waals surface area (Å²) < 4.78 is 18.5. The van der Waals surface area contributed by atoms with Gasteiger partial charge in [0.15, 0.2) is 0 Å². The lowest BCUT2D eigenvalue weighted by atomic mass is 10.1. The SMILES string of the molecule is CCOC(=O)/C=C/c1cc(C)nc2c(F)cccc12. The molecule has 0 aliphatic rings. The summed E-state index contributed by atoms with van der Waals surface area (Å²) in [6.45, 7) is 3.86. The van der Waals surface area contributed by atoms with E-state index in [4.69, 9.17) is 4.74 Å². The van der Waals surface area contributed by atoms with Gasteiger partial charge >= 0.3 is 5.97 Å². The smallest absolute Gasteiger partial charge is 0.330 e. The molecule has 0 aliphatic heterocycles. The summed E-state index contributed by atoms with van der Waals surface area (Å²) in [5.74, 6) is -0.784. The van der Waals surface area contributed by atoms with Gasteiger partial charge < -0.3 is 4.74 Å². The van der Waals surface area contributed by atoms with E-state index in [1.165, 1.54) is 12.1 Å². The fourth-order valence-corrected chi connectivity index (χ4v) is 1.86. The third kappa shape index (κ3) is 2.96. The lowest BCUT2D eigenvalue weighted by molar-refractivity contribution is -0.137. The topological polar surface area (TPSA) is 39.2 Å². The quantitative estimate of drug-likeness (QED) is 0.627. The number of benzene rings is 1. The van der Waals surface area contributed by atoms with Crippen molar-refractivity contribution in [3.8, 4) is 0 Å². The van der Waals surface area contributed by atoms with Crippen molar-refractivity contribution in [2.24, 2.45) is 0 Å². The number of hydrogen-bond acceptors (Lipinski definition) is 3. The third-order valence-electron chi connectivity index (χ3n) is 2.64. The number of pyridine rings is 1. The Bertz CT molecular complexity index is 650. The molecule has 19 heavy (non-hydrogen) atoms. The highest BCUT2D eigenvalue weighted by Crippen LogP contribution is 2.22. The molecule has 0 spiro atoms. The zero-order valence-corrected chi connectivity index (χ0v) is 10.8. The molecule has 0 unspecified atom stereocenters. The molecule has 0 N–H and O–H groups in total. The molecule has 98 valence electrons. The molecule has 0 saturated carbocycles. The van der Waals surface area contributed by atoms with Crippen LogP contribution in [0, 0.1) is 12.7 Å². The maximum absolute atomic E-state index is 13.7. The number of rotatable bonds is 3. The van der Waals surface area contributed by atoms with Crippen molar-refractivity contribution in [1.29, 1.82) is 0 Å². The van der Waals surface area contributed by atoms with Gasteiger partial charge in [-0.05, 0) is 37.6 Å². The van der Waals surface area contributed by atoms with E-state index in [0.717, 1.165) is 5.56 Å². The van der Waals surface area contributed by atoms with Crippen molar-refractivity contribution in [2.45, 2.75) is 13.8 Å². The summed E-state index contributed by atoms with van der Waals surface area (Å²) >= 11 is 0. The molecule has 2 rings (SSSR count). The van der Waals surface area contributed by atoms with E-state index in [1.54, 1.807) is 38.1 Å². The fourth-order valence-electron chi connectivity index (χ4n) is 1.86. The Kier molecular flexibility index (Phi) is 3.90. The first-order chi connectivity index (χ1) is 9.11. The Labute approximate surface area is 110 Å². The van der Waals surface area contributed by atoms with E-state index < -0.39 is 5.97 Å². The van der Waals surface area contributed by atoms with Gasteiger partial charge in [0.05, 0.1) is 6.61 Å². The Morgan fingerprint density at radius 2 is 2.26 bits per heavy atom. The van der Waals surface area contributed by atoms with Crippen molar-refractivity contribution in [1.82, 2.24) is 4.98 Å². The van der Waals surface area contributed by atoms with Crippen LogP contribution in [0.5, 0.6) is 0 Å². The first-order valence-corrected chi connectivity index (χ1v) is 6.02. The molecule has 4 heteroatoms. The van der Waals surface area contributed by atoms with Crippen molar-refractivity contribution in [3.63, 3.8) is 0 Å². The minimum absolute atomic E-state index is 0.311. The summed E-state index contributed by atoms with van der Waals surface area (Å²) in [6, 6.07) is 6.57. The number of ether oxygens (including phenoxy) is 1. The van der Waals surface area contributed by atoms with Crippen LogP contribution in [0.1, 0.15) is 18.2 Å². The summed E-state index contributed by atoms with van der Waals surface area (Å²) in [5, 5.41) is 0.672. The number of fused-ring (bicyclic) bond motifs is 1. The molecule has 3 nitrogen and oxygen atoms in total. The van der Waals surface area contributed by atoms with Gasteiger partial charge in [0.25, 0.3) is 0 Å². The minimum Gasteiger partial charge on any atom is -0.463 e. The molecule has 1 aromatic carbocycles. The van der Waals surface area contributed by atoms with Gasteiger partial charge in [-0.15, -0.1) is 0 Å². The van der Waals surface area contributed by atoms with Crippen LogP contribution < -0.4 is 0 Å². The van der Waals surface area contributed by atoms with Gasteiger partial charge in [-0.25, -0.2) is 9.18 Å². The zero-order chi connectivity index (χ0) is 13.8. The van der Waals surface area contributed by atoms with Crippen LogP contribution in [0.15, 0.2) is 30.3 Å². The van der Waals surface area contributed by atoms with Crippen molar-refractivity contribution in [3.05, 3.63) is 47.4 Å². The van der Waals surface area contributed by atoms with Gasteiger partial charge in [-0.3, -0.25) is 4.98 Å². The molecule has 0 atom stereocenters. The summed E-state index contributed by atoms with van der Waals surface area (Å²) in [7, 11) is 0. The van der Waals surface area contributed by atoms with Crippen LogP contribution in [0.3, 0.4) is 0 Å². The number of aromatic nitrogens is 1. The standard InChI is InChI=1S/C15H14FNO2/c1-3-19-14(18)8-7-11-9-10(2)17-15-12(11)5-4-6-13(15)16/h4-9H,3H2,1-2H3/b8-7+. The Morgan fingerprint density at radius 1 is 1.47 bits per heavy atom. The second kappa shape index (κ2) is 5.61. The summed E-state index contributed by atoms with van der Waals surface area (Å²) in [4.78, 5) is 15.5. The lowest BCUT2D eigenvalue weighted by Gasteiger charge is -2.04. The molecular weight excluding hydrogens is 245 g/mol. The molecular formula is C15H14FNO2. The molecule has 0 aliphatic carbocycles. The predicted octanol–water partition coefficient (Wildman–Crippen LogP) is 3.26. The van der Waals surface area contributed by atoms with E-state index in [9.17, 15) is 9.18 Å². The van der Waals surface area contributed by atoms with Crippen molar-refractivity contribution in [2.75, 3.05) is 6.61 Å². The largest absolute Gasteiger partial charge is 0.463 e. The number of para-hydroxylation sites is 1. The van der Waals surface area contributed by atoms with Gasteiger partial charge in [0, 0.05) is 17.2 Å². The number of aryl methyl sites for hydroxylation is 1. The normalized spacial score (nSPS) is 11.1. The van der Waals surface area contributed by atoms with Crippen LogP contribution >= 0.6 is 0 Å². The number of carbonyl (C=O) groups excluding carboxylic acids is 1. The Hall–Kier alpha value is -2.23. The van der Waals surface area contributed by atoms with E-state index in [2.05, 4.69) is 4.98 Å². The number of halogens is 1. The number of nitrogens with zero attached hydrogens (tertiary/aromatic N) is 1. The molecule has 1 aromatic heterocycles. The van der Waals surface area contributed by atoms with E-state index in [0.29, 0.717) is 23.2 Å². The molecule has 1 heterocycles. The van der Waals surface area contributed by atoms with E-state index in [-0.39, 0.29) is 5.82 Å². The fraction of sp³-hybridized carbons (Fsp3) is 0.200. The molecule has 0 saturated heterocycles. The van der Waals surface area contributed by atoms with Crippen LogP contribution in [-0.4, -0.2) is 17.6 Å². The van der Waals surface area contributed by atoms with Gasteiger partial charge in [0.2, 0.25) is 0 Å². The van der Waals surface area contributed by atoms with Crippen LogP contribution in [-0.2, 0) is 9.53 Å². The summed E-state index contributed by atoms with van der Waals surface area (Å²) in [6.07, 6.45) is 2.96. The zero-order valence-electron chi connectivity index (χ0n) is 10.8. The average molecular weight is 259 g/mol.